The third-order valence-corrected chi connectivity index (χ3v) is 4.67. The summed E-state index contributed by atoms with van der Waals surface area (Å²) in [6.07, 6.45) is -3.05. The van der Waals surface area contributed by atoms with Gasteiger partial charge in [0.15, 0.2) is 0 Å². The van der Waals surface area contributed by atoms with Gasteiger partial charge in [0.05, 0.1) is 27.4 Å². The van der Waals surface area contributed by atoms with Gasteiger partial charge in [-0.15, -0.1) is 0 Å². The highest BCUT2D eigenvalue weighted by Crippen LogP contribution is 2.36. The topological polar surface area (TPSA) is 70.2 Å². The van der Waals surface area contributed by atoms with Gasteiger partial charge in [0.25, 0.3) is 0 Å². The number of nitriles is 1. The number of rotatable bonds is 4. The van der Waals surface area contributed by atoms with E-state index >= 15 is 0 Å². The zero-order valence-corrected chi connectivity index (χ0v) is 16.1. The number of Topliss-reactive ketones (excluding diaryl/α,β-unsaturated/α-hetero) is 1. The van der Waals surface area contributed by atoms with Crippen LogP contribution in [0.3, 0.4) is 0 Å². The van der Waals surface area contributed by atoms with Gasteiger partial charge in [-0.3, -0.25) is 10.2 Å². The molecule has 0 aliphatic carbocycles. The molecular weight excluding hydrogens is 405 g/mol. The summed E-state index contributed by atoms with van der Waals surface area (Å²) in [4.78, 5) is 12.8. The molecule has 0 saturated heterocycles. The highest BCUT2D eigenvalue weighted by molar-refractivity contribution is 6.53. The summed E-state index contributed by atoms with van der Waals surface area (Å²) in [7, 11) is 1.78. The van der Waals surface area contributed by atoms with Gasteiger partial charge in [-0.05, 0) is 30.7 Å². The van der Waals surface area contributed by atoms with Gasteiger partial charge in [0.2, 0.25) is 11.5 Å². The van der Waals surface area contributed by atoms with Crippen molar-refractivity contribution in [3.8, 4) is 6.07 Å². The van der Waals surface area contributed by atoms with E-state index in [-0.39, 0.29) is 11.3 Å². The minimum Gasteiger partial charge on any atom is -0.350 e. The number of nitrogens with zero attached hydrogens (tertiary/aromatic N) is 3. The molecular formula is C20H14ClF3N4O. The maximum absolute atomic E-state index is 13.0. The molecule has 0 atom stereocenters. The zero-order chi connectivity index (χ0) is 21.3. The van der Waals surface area contributed by atoms with E-state index < -0.39 is 28.3 Å². The number of para-hydroxylation sites is 1. The SMILES string of the molecule is Cc1cccc2c(C(=O)/C(C#N)=N/Nc3ccc(Cl)c(C(F)(F)F)c3)cn(C)c12. The zero-order valence-electron chi connectivity index (χ0n) is 15.3. The number of hydrogen-bond donors (Lipinski definition) is 1. The second-order valence-electron chi connectivity index (χ2n) is 6.33. The van der Waals surface area contributed by atoms with Crippen molar-refractivity contribution in [1.29, 1.82) is 5.26 Å². The van der Waals surface area contributed by atoms with Crippen molar-refractivity contribution in [3.05, 3.63) is 64.3 Å². The van der Waals surface area contributed by atoms with Gasteiger partial charge < -0.3 is 4.57 Å². The Morgan fingerprint density at radius 2 is 2.00 bits per heavy atom. The number of fused-ring (bicyclic) bond motifs is 1. The standard InChI is InChI=1S/C20H14ClF3N4O/c1-11-4-3-5-13-14(10-28(2)18(11)13)19(29)17(9-25)27-26-12-6-7-16(21)15(8-12)20(22,23)24/h3-8,10,26H,1-2H3/b27-17+. The first kappa shape index (κ1) is 20.4. The summed E-state index contributed by atoms with van der Waals surface area (Å²) in [5.74, 6) is -0.638. The molecule has 0 bridgehead atoms. The van der Waals surface area contributed by atoms with Crippen molar-refractivity contribution in [2.75, 3.05) is 5.43 Å². The number of aryl methyl sites for hydroxylation is 2. The van der Waals surface area contributed by atoms with E-state index in [1.807, 2.05) is 13.0 Å². The fourth-order valence-corrected chi connectivity index (χ4v) is 3.26. The Morgan fingerprint density at radius 3 is 2.66 bits per heavy atom. The van der Waals surface area contributed by atoms with Gasteiger partial charge in [0, 0.05) is 18.6 Å². The average Bonchev–Trinajstić information content (AvgIpc) is 3.00. The molecule has 3 rings (SSSR count). The van der Waals surface area contributed by atoms with Crippen LogP contribution in [0.15, 0.2) is 47.7 Å². The number of nitrogens with one attached hydrogen (secondary N) is 1. The van der Waals surface area contributed by atoms with Gasteiger partial charge in [-0.2, -0.15) is 23.5 Å². The van der Waals surface area contributed by atoms with Crippen LogP contribution in [0.1, 0.15) is 21.5 Å². The lowest BCUT2D eigenvalue weighted by Gasteiger charge is -2.10. The molecule has 0 radical (unpaired) electrons. The summed E-state index contributed by atoms with van der Waals surface area (Å²) in [6.45, 7) is 1.90. The summed E-state index contributed by atoms with van der Waals surface area (Å²) < 4.78 is 40.7. The van der Waals surface area contributed by atoms with Crippen LogP contribution in [0.25, 0.3) is 10.9 Å². The molecule has 0 aliphatic rings. The molecule has 3 aromatic rings. The normalized spacial score (nSPS) is 12.1. The van der Waals surface area contributed by atoms with Crippen LogP contribution >= 0.6 is 11.6 Å². The minimum atomic E-state index is -4.65. The van der Waals surface area contributed by atoms with Crippen molar-refractivity contribution in [3.63, 3.8) is 0 Å². The van der Waals surface area contributed by atoms with Crippen molar-refractivity contribution < 1.29 is 18.0 Å². The molecule has 0 unspecified atom stereocenters. The molecule has 0 amide bonds. The monoisotopic (exact) mass is 418 g/mol. The summed E-state index contributed by atoms with van der Waals surface area (Å²) >= 11 is 5.58. The number of carbonyl (C=O) groups excluding carboxylic acids is 1. The highest BCUT2D eigenvalue weighted by Gasteiger charge is 2.33. The number of alkyl halides is 3. The molecule has 0 spiro atoms. The maximum Gasteiger partial charge on any atom is 0.417 e. The van der Waals surface area contributed by atoms with Crippen LogP contribution in [0, 0.1) is 18.3 Å². The Labute approximate surface area is 169 Å². The Hall–Kier alpha value is -3.31. The van der Waals surface area contributed by atoms with Gasteiger partial charge in [-0.25, -0.2) is 0 Å². The van der Waals surface area contributed by atoms with Crippen molar-refractivity contribution in [2.24, 2.45) is 12.1 Å². The van der Waals surface area contributed by atoms with E-state index in [1.165, 1.54) is 6.07 Å². The Bertz CT molecular complexity index is 1190. The first-order chi connectivity index (χ1) is 13.6. The molecule has 0 saturated carbocycles. The van der Waals surface area contributed by atoms with Gasteiger partial charge >= 0.3 is 6.18 Å². The number of anilines is 1. The molecule has 0 fully saturated rings. The lowest BCUT2D eigenvalue weighted by Crippen LogP contribution is -2.14. The van der Waals surface area contributed by atoms with Crippen molar-refractivity contribution >= 4 is 39.7 Å². The fourth-order valence-electron chi connectivity index (χ4n) is 3.04. The third-order valence-electron chi connectivity index (χ3n) is 4.34. The Morgan fingerprint density at radius 1 is 1.28 bits per heavy atom. The molecule has 29 heavy (non-hydrogen) atoms. The number of hydrogen-bond acceptors (Lipinski definition) is 4. The molecule has 5 nitrogen and oxygen atoms in total. The predicted octanol–water partition coefficient (Wildman–Crippen LogP) is 5.33. The van der Waals surface area contributed by atoms with E-state index in [1.54, 1.807) is 36.0 Å². The second-order valence-corrected chi connectivity index (χ2v) is 6.74. The molecule has 1 N–H and O–H groups in total. The fraction of sp³-hybridized carbons (Fsp3) is 0.150. The molecule has 0 aliphatic heterocycles. The van der Waals surface area contributed by atoms with E-state index in [0.717, 1.165) is 23.2 Å². The van der Waals surface area contributed by atoms with Crippen LogP contribution in [0.2, 0.25) is 5.02 Å². The molecule has 1 aromatic heterocycles. The van der Waals surface area contributed by atoms with Crippen LogP contribution < -0.4 is 5.43 Å². The second kappa shape index (κ2) is 7.60. The summed E-state index contributed by atoms with van der Waals surface area (Å²) in [6, 6.07) is 10.2. The molecule has 1 heterocycles. The van der Waals surface area contributed by atoms with E-state index in [9.17, 15) is 23.2 Å². The number of ketones is 1. The van der Waals surface area contributed by atoms with Crippen molar-refractivity contribution in [1.82, 2.24) is 4.57 Å². The highest BCUT2D eigenvalue weighted by atomic mass is 35.5. The first-order valence-corrected chi connectivity index (χ1v) is 8.71. The van der Waals surface area contributed by atoms with E-state index in [4.69, 9.17) is 11.6 Å². The lowest BCUT2D eigenvalue weighted by atomic mass is 10.0. The largest absolute Gasteiger partial charge is 0.417 e. The van der Waals surface area contributed by atoms with Crippen LogP contribution in [-0.4, -0.2) is 16.1 Å². The van der Waals surface area contributed by atoms with Gasteiger partial charge in [0.1, 0.15) is 6.07 Å². The van der Waals surface area contributed by atoms with Crippen LogP contribution in [0.5, 0.6) is 0 Å². The Balaban J connectivity index is 1.95. The quantitative estimate of drug-likeness (QED) is 0.353. The average molecular weight is 419 g/mol. The molecule has 9 heteroatoms. The van der Waals surface area contributed by atoms with Crippen molar-refractivity contribution in [2.45, 2.75) is 13.1 Å². The van der Waals surface area contributed by atoms with E-state index in [2.05, 4.69) is 10.5 Å². The summed E-state index contributed by atoms with van der Waals surface area (Å²) in [5, 5.41) is 13.3. The maximum atomic E-state index is 13.0. The van der Waals surface area contributed by atoms with E-state index in [0.29, 0.717) is 5.39 Å². The smallest absolute Gasteiger partial charge is 0.350 e. The molecule has 148 valence electrons. The number of carbonyl (C=O) groups is 1. The molecule has 2 aromatic carbocycles. The first-order valence-electron chi connectivity index (χ1n) is 8.33. The van der Waals surface area contributed by atoms with Crippen LogP contribution in [-0.2, 0) is 13.2 Å². The number of aromatic nitrogens is 1. The Kier molecular flexibility index (Phi) is 5.36. The minimum absolute atomic E-state index is 0.0592. The predicted molar refractivity (Wildman–Crippen MR) is 105 cm³/mol. The number of benzene rings is 2. The van der Waals surface area contributed by atoms with Gasteiger partial charge in [-0.1, -0.05) is 29.8 Å². The lowest BCUT2D eigenvalue weighted by molar-refractivity contribution is -0.137. The third kappa shape index (κ3) is 3.96. The number of hydrazone groups is 1. The number of halogens is 4. The summed E-state index contributed by atoms with van der Waals surface area (Å²) in [5.41, 5.74) is 2.82. The van der Waals surface area contributed by atoms with Crippen LogP contribution in [0.4, 0.5) is 18.9 Å².